The number of carbonyl (C=O) groups excluding carboxylic acids is 2. The van der Waals surface area contributed by atoms with Crippen molar-refractivity contribution in [1.82, 2.24) is 5.32 Å². The first-order chi connectivity index (χ1) is 16.0. The molecular weight excluding hydrogens is 422 g/mol. The van der Waals surface area contributed by atoms with Crippen molar-refractivity contribution in [3.05, 3.63) is 53.6 Å². The van der Waals surface area contributed by atoms with Crippen molar-refractivity contribution in [3.63, 3.8) is 0 Å². The molecule has 0 saturated heterocycles. The molecule has 0 fully saturated rings. The second-order valence-corrected chi connectivity index (χ2v) is 8.26. The molecule has 2 atom stereocenters. The van der Waals surface area contributed by atoms with Crippen LogP contribution in [0.1, 0.15) is 60.9 Å². The van der Waals surface area contributed by atoms with E-state index < -0.39 is 6.04 Å². The molecule has 1 heterocycles. The Bertz CT molecular complexity index is 927. The zero-order chi connectivity index (χ0) is 23.6. The summed E-state index contributed by atoms with van der Waals surface area (Å²) in [6, 6.07) is 12.4. The maximum atomic E-state index is 12.4. The number of fused-ring (bicyclic) bond motifs is 1. The van der Waals surface area contributed by atoms with E-state index in [0.29, 0.717) is 49.5 Å². The molecule has 0 spiro atoms. The summed E-state index contributed by atoms with van der Waals surface area (Å²) in [7, 11) is 1.59. The number of aliphatic hydroxyl groups is 1. The average Bonchev–Trinajstić information content (AvgIpc) is 2.86. The van der Waals surface area contributed by atoms with E-state index in [1.807, 2.05) is 25.1 Å². The van der Waals surface area contributed by atoms with Gasteiger partial charge in [-0.25, -0.2) is 0 Å². The second kappa shape index (κ2) is 12.3. The van der Waals surface area contributed by atoms with Gasteiger partial charge in [0.05, 0.1) is 19.8 Å². The van der Waals surface area contributed by atoms with Gasteiger partial charge in [0.15, 0.2) is 17.3 Å². The molecule has 2 aromatic carbocycles. The number of ketones is 1. The highest BCUT2D eigenvalue weighted by Crippen LogP contribution is 2.34. The van der Waals surface area contributed by atoms with Crippen LogP contribution in [0.4, 0.5) is 0 Å². The van der Waals surface area contributed by atoms with Crippen molar-refractivity contribution in [2.45, 2.75) is 51.0 Å². The Labute approximate surface area is 195 Å². The Morgan fingerprint density at radius 1 is 1.00 bits per heavy atom. The highest BCUT2D eigenvalue weighted by Gasteiger charge is 2.22. The fraction of sp³-hybridized carbons (Fsp3) is 0.462. The molecule has 178 valence electrons. The van der Waals surface area contributed by atoms with Crippen LogP contribution in [0.25, 0.3) is 0 Å². The number of hydrogen-bond donors (Lipinski definition) is 2. The van der Waals surface area contributed by atoms with E-state index in [-0.39, 0.29) is 24.2 Å². The lowest BCUT2D eigenvalue weighted by atomic mass is 9.93. The molecule has 7 nitrogen and oxygen atoms in total. The second-order valence-electron chi connectivity index (χ2n) is 8.26. The summed E-state index contributed by atoms with van der Waals surface area (Å²) in [4.78, 5) is 24.7. The minimum atomic E-state index is -0.392. The Balaban J connectivity index is 1.39. The third kappa shape index (κ3) is 6.96. The molecule has 3 rings (SSSR count). The van der Waals surface area contributed by atoms with Crippen LogP contribution in [0.15, 0.2) is 42.5 Å². The molecule has 0 bridgehead atoms. The SMILES string of the molecule is COc1ccc(C(=O)CCCCCC(=O)N[C@@H](CO)C(C)c2ccc3c(c2)OCCO3)cc1. The van der Waals surface area contributed by atoms with Gasteiger partial charge in [0.2, 0.25) is 5.91 Å². The van der Waals surface area contributed by atoms with Crippen molar-refractivity contribution in [2.24, 2.45) is 0 Å². The molecule has 1 unspecified atom stereocenters. The third-order valence-electron chi connectivity index (χ3n) is 5.96. The molecule has 1 amide bonds. The zero-order valence-electron chi connectivity index (χ0n) is 19.3. The van der Waals surface area contributed by atoms with Crippen molar-refractivity contribution in [3.8, 4) is 17.2 Å². The first kappa shape index (κ1) is 24.6. The summed E-state index contributed by atoms with van der Waals surface area (Å²) >= 11 is 0. The number of benzene rings is 2. The summed E-state index contributed by atoms with van der Waals surface area (Å²) in [6.07, 6.45) is 3.03. The number of Topliss-reactive ketones (excluding diaryl/α,β-unsaturated/α-hetero) is 1. The Hall–Kier alpha value is -3.06. The molecule has 33 heavy (non-hydrogen) atoms. The number of carbonyl (C=O) groups is 2. The van der Waals surface area contributed by atoms with Gasteiger partial charge in [-0.3, -0.25) is 9.59 Å². The highest BCUT2D eigenvalue weighted by atomic mass is 16.6. The molecule has 1 aliphatic heterocycles. The number of amides is 1. The lowest BCUT2D eigenvalue weighted by Gasteiger charge is -2.25. The smallest absolute Gasteiger partial charge is 0.220 e. The maximum absolute atomic E-state index is 12.4. The van der Waals surface area contributed by atoms with E-state index in [2.05, 4.69) is 5.32 Å². The van der Waals surface area contributed by atoms with Crippen LogP contribution in [0.5, 0.6) is 17.2 Å². The predicted octanol–water partition coefficient (Wildman–Crippen LogP) is 3.88. The molecule has 2 N–H and O–H groups in total. The van der Waals surface area contributed by atoms with Gasteiger partial charge in [0.25, 0.3) is 0 Å². The molecule has 2 aromatic rings. The lowest BCUT2D eigenvalue weighted by Crippen LogP contribution is -2.41. The third-order valence-corrected chi connectivity index (χ3v) is 5.96. The highest BCUT2D eigenvalue weighted by molar-refractivity contribution is 5.96. The molecular formula is C26H33NO6. The first-order valence-electron chi connectivity index (χ1n) is 11.5. The summed E-state index contributed by atoms with van der Waals surface area (Å²) < 4.78 is 16.3. The predicted molar refractivity (Wildman–Crippen MR) is 125 cm³/mol. The molecule has 1 aliphatic rings. The van der Waals surface area contributed by atoms with E-state index in [1.165, 1.54) is 0 Å². The number of ether oxygens (including phenoxy) is 3. The number of nitrogens with one attached hydrogen (secondary N) is 1. The van der Waals surface area contributed by atoms with Gasteiger partial charge in [-0.05, 0) is 54.8 Å². The summed E-state index contributed by atoms with van der Waals surface area (Å²) in [5, 5.41) is 12.8. The maximum Gasteiger partial charge on any atom is 0.220 e. The number of hydrogen-bond acceptors (Lipinski definition) is 6. The van der Waals surface area contributed by atoms with Crippen molar-refractivity contribution in [1.29, 1.82) is 0 Å². The van der Waals surface area contributed by atoms with Gasteiger partial charge in [-0.2, -0.15) is 0 Å². The zero-order valence-corrected chi connectivity index (χ0v) is 19.3. The Morgan fingerprint density at radius 3 is 2.39 bits per heavy atom. The number of aliphatic hydroxyl groups excluding tert-OH is 1. The van der Waals surface area contributed by atoms with Gasteiger partial charge >= 0.3 is 0 Å². The van der Waals surface area contributed by atoms with Gasteiger partial charge in [-0.1, -0.05) is 19.4 Å². The largest absolute Gasteiger partial charge is 0.497 e. The molecule has 7 heteroatoms. The van der Waals surface area contributed by atoms with Crippen LogP contribution in [-0.2, 0) is 4.79 Å². The summed E-state index contributed by atoms with van der Waals surface area (Å²) in [6.45, 7) is 2.86. The number of rotatable bonds is 12. The molecule has 0 aromatic heterocycles. The number of methoxy groups -OCH3 is 1. The van der Waals surface area contributed by atoms with E-state index in [0.717, 1.165) is 24.2 Å². The fourth-order valence-corrected chi connectivity index (χ4v) is 3.85. The Kier molecular flexibility index (Phi) is 9.13. The summed E-state index contributed by atoms with van der Waals surface area (Å²) in [5.74, 6) is 2.04. The minimum Gasteiger partial charge on any atom is -0.497 e. The number of unbranched alkanes of at least 4 members (excludes halogenated alkanes) is 2. The first-order valence-corrected chi connectivity index (χ1v) is 11.5. The topological polar surface area (TPSA) is 94.1 Å². The van der Waals surface area contributed by atoms with E-state index in [9.17, 15) is 14.7 Å². The van der Waals surface area contributed by atoms with Crippen LogP contribution in [0, 0.1) is 0 Å². The quantitative estimate of drug-likeness (QED) is 0.373. The van der Waals surface area contributed by atoms with Crippen LogP contribution in [0.2, 0.25) is 0 Å². The van der Waals surface area contributed by atoms with Crippen LogP contribution >= 0.6 is 0 Å². The monoisotopic (exact) mass is 455 g/mol. The van der Waals surface area contributed by atoms with Crippen molar-refractivity contribution < 1.29 is 28.9 Å². The van der Waals surface area contributed by atoms with E-state index >= 15 is 0 Å². The van der Waals surface area contributed by atoms with Crippen LogP contribution in [0.3, 0.4) is 0 Å². The molecule has 0 radical (unpaired) electrons. The molecule has 0 saturated carbocycles. The van der Waals surface area contributed by atoms with Crippen molar-refractivity contribution in [2.75, 3.05) is 26.9 Å². The van der Waals surface area contributed by atoms with Gasteiger partial charge in [-0.15, -0.1) is 0 Å². The normalized spacial score (nSPS) is 14.3. The van der Waals surface area contributed by atoms with Crippen LogP contribution < -0.4 is 19.5 Å². The standard InChI is InChI=1S/C26H33NO6/c1-18(20-10-13-24-25(16-20)33-15-14-32-24)22(17-28)27-26(30)7-5-3-4-6-23(29)19-8-11-21(31-2)12-9-19/h8-13,16,18,22,28H,3-7,14-15,17H2,1-2H3,(H,27,30)/t18?,22-/m0/s1. The van der Waals surface area contributed by atoms with Gasteiger partial charge in [0.1, 0.15) is 19.0 Å². The van der Waals surface area contributed by atoms with E-state index in [1.54, 1.807) is 31.4 Å². The summed E-state index contributed by atoms with van der Waals surface area (Å²) in [5.41, 5.74) is 1.64. The van der Waals surface area contributed by atoms with E-state index in [4.69, 9.17) is 14.2 Å². The lowest BCUT2D eigenvalue weighted by molar-refractivity contribution is -0.122. The Morgan fingerprint density at radius 2 is 1.70 bits per heavy atom. The van der Waals surface area contributed by atoms with Gasteiger partial charge < -0.3 is 24.6 Å². The minimum absolute atomic E-state index is 0.0862. The van der Waals surface area contributed by atoms with Crippen LogP contribution in [-0.4, -0.2) is 49.8 Å². The van der Waals surface area contributed by atoms with Gasteiger partial charge in [0, 0.05) is 24.3 Å². The average molecular weight is 456 g/mol. The fourth-order valence-electron chi connectivity index (χ4n) is 3.85. The van der Waals surface area contributed by atoms with Crippen molar-refractivity contribution >= 4 is 11.7 Å². The molecule has 0 aliphatic carbocycles.